The van der Waals surface area contributed by atoms with Crippen molar-refractivity contribution in [1.29, 1.82) is 0 Å². The molecule has 0 unspecified atom stereocenters. The first-order valence-electron chi connectivity index (χ1n) is 8.32. The molecule has 0 atom stereocenters. The summed E-state index contributed by atoms with van der Waals surface area (Å²) in [5, 5.41) is 7.18. The second-order valence-electron chi connectivity index (χ2n) is 6.55. The van der Waals surface area contributed by atoms with Gasteiger partial charge in [-0.1, -0.05) is 6.07 Å². The van der Waals surface area contributed by atoms with Gasteiger partial charge in [0.25, 0.3) is 5.91 Å². The number of halogens is 2. The topological polar surface area (TPSA) is 56.2 Å². The number of nitrogens with zero attached hydrogens (tertiary/aromatic N) is 2. The van der Waals surface area contributed by atoms with Gasteiger partial charge in [0.2, 0.25) is 0 Å². The molecule has 5 nitrogen and oxygen atoms in total. The van der Waals surface area contributed by atoms with E-state index in [1.165, 1.54) is 12.1 Å². The summed E-state index contributed by atoms with van der Waals surface area (Å²) in [6.45, 7) is 4.69. The van der Waals surface area contributed by atoms with Crippen LogP contribution < -0.4 is 5.32 Å². The fourth-order valence-electron chi connectivity index (χ4n) is 3.09. The highest BCUT2D eigenvalue weighted by Crippen LogP contribution is 2.34. The quantitative estimate of drug-likeness (QED) is 0.922. The zero-order valence-corrected chi connectivity index (χ0v) is 14.3. The van der Waals surface area contributed by atoms with E-state index in [-0.39, 0.29) is 23.2 Å². The Morgan fingerprint density at radius 3 is 2.60 bits per heavy atom. The van der Waals surface area contributed by atoms with Crippen LogP contribution in [0.15, 0.2) is 30.5 Å². The van der Waals surface area contributed by atoms with E-state index in [4.69, 9.17) is 4.74 Å². The predicted octanol–water partition coefficient (Wildman–Crippen LogP) is 3.18. The number of hydrogen-bond donors (Lipinski definition) is 1. The van der Waals surface area contributed by atoms with Crippen LogP contribution in [0.4, 0.5) is 8.78 Å². The Morgan fingerprint density at radius 1 is 1.28 bits per heavy atom. The smallest absolute Gasteiger partial charge is 0.272 e. The van der Waals surface area contributed by atoms with Gasteiger partial charge in [-0.05, 0) is 38.8 Å². The monoisotopic (exact) mass is 349 g/mol. The molecule has 1 aliphatic rings. The third kappa shape index (κ3) is 3.56. The van der Waals surface area contributed by atoms with Gasteiger partial charge < -0.3 is 10.1 Å². The van der Waals surface area contributed by atoms with E-state index in [0.717, 1.165) is 6.07 Å². The number of ether oxygens (including phenoxy) is 1. The van der Waals surface area contributed by atoms with Crippen LogP contribution in [-0.4, -0.2) is 28.9 Å². The molecule has 0 bridgehead atoms. The van der Waals surface area contributed by atoms with Gasteiger partial charge >= 0.3 is 0 Å². The lowest BCUT2D eigenvalue weighted by Crippen LogP contribution is -2.50. The molecule has 7 heteroatoms. The van der Waals surface area contributed by atoms with Gasteiger partial charge in [-0.2, -0.15) is 5.10 Å². The second-order valence-corrected chi connectivity index (χ2v) is 6.55. The number of hydrogen-bond acceptors (Lipinski definition) is 3. The van der Waals surface area contributed by atoms with Gasteiger partial charge in [-0.15, -0.1) is 0 Å². The zero-order valence-electron chi connectivity index (χ0n) is 14.3. The highest BCUT2D eigenvalue weighted by atomic mass is 19.1. The number of rotatable bonds is 4. The lowest BCUT2D eigenvalue weighted by molar-refractivity contribution is 0.0331. The van der Waals surface area contributed by atoms with Crippen molar-refractivity contribution < 1.29 is 18.3 Å². The largest absolute Gasteiger partial charge is 0.381 e. The van der Waals surface area contributed by atoms with Crippen LogP contribution in [0.2, 0.25) is 0 Å². The molecule has 1 fully saturated rings. The average Bonchev–Trinajstić information content (AvgIpc) is 3.06. The van der Waals surface area contributed by atoms with Gasteiger partial charge in [-0.3, -0.25) is 9.48 Å². The second kappa shape index (κ2) is 6.92. The molecule has 0 aliphatic carbocycles. The number of carbonyl (C=O) groups excluding carboxylic acids is 1. The van der Waals surface area contributed by atoms with Gasteiger partial charge in [0, 0.05) is 37.1 Å². The average molecular weight is 349 g/mol. The highest BCUT2D eigenvalue weighted by molar-refractivity contribution is 5.92. The Bertz CT molecular complexity index is 767. The maximum absolute atomic E-state index is 14.4. The molecular formula is C18H21F2N3O2. The highest BCUT2D eigenvalue weighted by Gasteiger charge is 2.38. The zero-order chi connectivity index (χ0) is 18.0. The summed E-state index contributed by atoms with van der Waals surface area (Å²) in [6.07, 6.45) is 2.55. The summed E-state index contributed by atoms with van der Waals surface area (Å²) in [5.41, 5.74) is -0.398. The van der Waals surface area contributed by atoms with Gasteiger partial charge in [0.1, 0.15) is 17.3 Å². The van der Waals surface area contributed by atoms with Crippen molar-refractivity contribution in [2.75, 3.05) is 13.2 Å². The number of aromatic nitrogens is 2. The van der Waals surface area contributed by atoms with Crippen LogP contribution >= 0.6 is 0 Å². The Kier molecular flexibility index (Phi) is 4.85. The van der Waals surface area contributed by atoms with Crippen molar-refractivity contribution in [2.45, 2.75) is 38.3 Å². The van der Waals surface area contributed by atoms with Crippen LogP contribution in [0.5, 0.6) is 0 Å². The Hall–Kier alpha value is -2.28. The minimum absolute atomic E-state index is 0.133. The molecular weight excluding hydrogens is 328 g/mol. The van der Waals surface area contributed by atoms with E-state index in [1.54, 1.807) is 16.9 Å². The molecule has 0 radical (unpaired) electrons. The van der Waals surface area contributed by atoms with Crippen molar-refractivity contribution in [1.82, 2.24) is 15.1 Å². The fraction of sp³-hybridized carbons (Fsp3) is 0.444. The third-order valence-electron chi connectivity index (χ3n) is 4.52. The lowest BCUT2D eigenvalue weighted by atomic mass is 9.82. The molecule has 1 aromatic heterocycles. The predicted molar refractivity (Wildman–Crippen MR) is 88.2 cm³/mol. The normalized spacial score (nSPS) is 16.8. The van der Waals surface area contributed by atoms with E-state index in [2.05, 4.69) is 10.4 Å². The van der Waals surface area contributed by atoms with Crippen LogP contribution in [0.3, 0.4) is 0 Å². The summed E-state index contributed by atoms with van der Waals surface area (Å²) in [4.78, 5) is 12.7. The van der Waals surface area contributed by atoms with Crippen LogP contribution in [0, 0.1) is 11.6 Å². The van der Waals surface area contributed by atoms with Crippen molar-refractivity contribution in [2.24, 2.45) is 0 Å². The Labute approximate surface area is 145 Å². The van der Waals surface area contributed by atoms with E-state index in [9.17, 15) is 13.6 Å². The van der Waals surface area contributed by atoms with Crippen molar-refractivity contribution >= 4 is 5.91 Å². The standard InChI is InChI=1S/C18H21F2N3O2/c1-12(2)23-8-5-16(22-23)17(24)21-18(6-9-25-10-7-18)14-4-3-13(19)11-15(14)20/h3-5,8,11-12H,6-7,9-10H2,1-2H3,(H,21,24). The van der Waals surface area contributed by atoms with E-state index >= 15 is 0 Å². The third-order valence-corrected chi connectivity index (χ3v) is 4.52. The first-order chi connectivity index (χ1) is 11.9. The molecule has 3 rings (SSSR count). The van der Waals surface area contributed by atoms with Crippen molar-refractivity contribution in [3.8, 4) is 0 Å². The Morgan fingerprint density at radius 2 is 2.00 bits per heavy atom. The molecule has 0 spiro atoms. The SMILES string of the molecule is CC(C)n1ccc(C(=O)NC2(c3ccc(F)cc3F)CCOCC2)n1. The fourth-order valence-corrected chi connectivity index (χ4v) is 3.09. The molecule has 0 saturated carbocycles. The minimum Gasteiger partial charge on any atom is -0.381 e. The summed E-state index contributed by atoms with van der Waals surface area (Å²) >= 11 is 0. The maximum atomic E-state index is 14.4. The van der Waals surface area contributed by atoms with E-state index < -0.39 is 17.2 Å². The maximum Gasteiger partial charge on any atom is 0.272 e. The number of nitrogens with one attached hydrogen (secondary N) is 1. The van der Waals surface area contributed by atoms with Crippen LogP contribution in [0.25, 0.3) is 0 Å². The minimum atomic E-state index is -0.936. The van der Waals surface area contributed by atoms with Crippen LogP contribution in [0.1, 0.15) is 48.8 Å². The van der Waals surface area contributed by atoms with Gasteiger partial charge in [0.15, 0.2) is 0 Å². The summed E-state index contributed by atoms with van der Waals surface area (Å²) in [5.74, 6) is -1.70. The summed E-state index contributed by atoms with van der Waals surface area (Å²) < 4.78 is 34.7. The van der Waals surface area contributed by atoms with Gasteiger partial charge in [-0.25, -0.2) is 8.78 Å². The summed E-state index contributed by atoms with van der Waals surface area (Å²) in [7, 11) is 0. The number of benzene rings is 1. The van der Waals surface area contributed by atoms with E-state index in [1.807, 2.05) is 13.8 Å². The lowest BCUT2D eigenvalue weighted by Gasteiger charge is -2.38. The van der Waals surface area contributed by atoms with Crippen LogP contribution in [-0.2, 0) is 10.3 Å². The van der Waals surface area contributed by atoms with E-state index in [0.29, 0.717) is 26.1 Å². The molecule has 1 saturated heterocycles. The first kappa shape index (κ1) is 17.5. The van der Waals surface area contributed by atoms with Crippen molar-refractivity contribution in [3.05, 3.63) is 53.4 Å². The number of amides is 1. The molecule has 1 amide bonds. The molecule has 134 valence electrons. The molecule has 1 aromatic carbocycles. The molecule has 2 heterocycles. The molecule has 2 aromatic rings. The number of carbonyl (C=O) groups is 1. The van der Waals surface area contributed by atoms with Crippen molar-refractivity contribution in [3.63, 3.8) is 0 Å². The summed E-state index contributed by atoms with van der Waals surface area (Å²) in [6, 6.07) is 5.20. The molecule has 1 N–H and O–H groups in total. The Balaban J connectivity index is 1.91. The van der Waals surface area contributed by atoms with Gasteiger partial charge in [0.05, 0.1) is 5.54 Å². The molecule has 25 heavy (non-hydrogen) atoms. The first-order valence-corrected chi connectivity index (χ1v) is 8.32. The molecule has 1 aliphatic heterocycles.